The fourth-order valence-corrected chi connectivity index (χ4v) is 3.00. The zero-order chi connectivity index (χ0) is 13.7. The van der Waals surface area contributed by atoms with Crippen molar-refractivity contribution in [3.63, 3.8) is 0 Å². The van der Waals surface area contributed by atoms with E-state index < -0.39 is 0 Å². The van der Waals surface area contributed by atoms with E-state index in [-0.39, 0.29) is 6.61 Å². The van der Waals surface area contributed by atoms with Gasteiger partial charge in [-0.3, -0.25) is 0 Å². The lowest BCUT2D eigenvalue weighted by Crippen LogP contribution is -1.92. The molecule has 0 amide bonds. The van der Waals surface area contributed by atoms with Crippen LogP contribution in [0.3, 0.4) is 0 Å². The lowest BCUT2D eigenvalue weighted by Gasteiger charge is -2.10. The van der Waals surface area contributed by atoms with Gasteiger partial charge < -0.3 is 9.90 Å². The first-order chi connectivity index (χ1) is 9.24. The lowest BCUT2D eigenvalue weighted by molar-refractivity contribution is -0.107. The summed E-state index contributed by atoms with van der Waals surface area (Å²) in [4.78, 5) is 12.7. The van der Waals surface area contributed by atoms with Gasteiger partial charge in [-0.25, -0.2) is 0 Å². The summed E-state index contributed by atoms with van der Waals surface area (Å²) in [6, 6.07) is 13.2. The number of hydrogen-bond donors (Lipinski definition) is 1. The Kier molecular flexibility index (Phi) is 5.02. The number of rotatable bonds is 5. The molecule has 0 fully saturated rings. The highest BCUT2D eigenvalue weighted by Crippen LogP contribution is 2.34. The molecule has 1 N–H and O–H groups in total. The highest BCUT2D eigenvalue weighted by Gasteiger charge is 2.08. The average molecular weight is 293 g/mol. The fraction of sp³-hybridized carbons (Fsp3) is 0.133. The molecule has 19 heavy (non-hydrogen) atoms. The second-order valence-corrected chi connectivity index (χ2v) is 5.51. The van der Waals surface area contributed by atoms with Crippen molar-refractivity contribution in [3.8, 4) is 0 Å². The summed E-state index contributed by atoms with van der Waals surface area (Å²) in [5.41, 5.74) is 1.78. The molecular formula is C15H13ClO2S. The van der Waals surface area contributed by atoms with Crippen molar-refractivity contribution >= 4 is 29.6 Å². The van der Waals surface area contributed by atoms with Crippen LogP contribution in [-0.2, 0) is 17.8 Å². The quantitative estimate of drug-likeness (QED) is 0.853. The Bertz CT molecular complexity index is 584. The monoisotopic (exact) mass is 292 g/mol. The van der Waals surface area contributed by atoms with E-state index in [1.165, 1.54) is 11.8 Å². The van der Waals surface area contributed by atoms with Crippen molar-refractivity contribution in [1.29, 1.82) is 0 Å². The van der Waals surface area contributed by atoms with Gasteiger partial charge in [0.25, 0.3) is 0 Å². The van der Waals surface area contributed by atoms with Crippen LogP contribution in [-0.4, -0.2) is 11.4 Å². The molecule has 0 bridgehead atoms. The molecule has 0 aromatic heterocycles. The minimum Gasteiger partial charge on any atom is -0.392 e. The molecule has 0 spiro atoms. The average Bonchev–Trinajstić information content (AvgIpc) is 2.43. The van der Waals surface area contributed by atoms with Crippen LogP contribution in [0.15, 0.2) is 52.3 Å². The Balaban J connectivity index is 2.34. The molecule has 2 aromatic carbocycles. The van der Waals surface area contributed by atoms with E-state index in [1.807, 2.05) is 30.3 Å². The highest BCUT2D eigenvalue weighted by atomic mass is 35.5. The summed E-state index contributed by atoms with van der Waals surface area (Å²) in [6.45, 7) is -0.000221. The smallest absolute Gasteiger partial charge is 0.124 e. The number of aliphatic hydroxyl groups is 1. The van der Waals surface area contributed by atoms with Gasteiger partial charge in [0.05, 0.1) is 6.61 Å². The Labute approximate surface area is 121 Å². The third-order valence-electron chi connectivity index (χ3n) is 2.69. The maximum absolute atomic E-state index is 10.7. The number of halogens is 1. The van der Waals surface area contributed by atoms with E-state index in [1.54, 1.807) is 12.1 Å². The SMILES string of the molecule is O=CCc1cc(Cl)ccc1Sc1ccccc1CO. The first-order valence-corrected chi connectivity index (χ1v) is 7.02. The van der Waals surface area contributed by atoms with Gasteiger partial charge in [-0.1, -0.05) is 41.6 Å². The Morgan fingerprint density at radius 2 is 1.84 bits per heavy atom. The van der Waals surface area contributed by atoms with Gasteiger partial charge >= 0.3 is 0 Å². The van der Waals surface area contributed by atoms with Crippen LogP contribution < -0.4 is 0 Å². The van der Waals surface area contributed by atoms with Crippen molar-refractivity contribution in [2.45, 2.75) is 22.8 Å². The highest BCUT2D eigenvalue weighted by molar-refractivity contribution is 7.99. The first kappa shape index (κ1) is 14.1. The van der Waals surface area contributed by atoms with E-state index >= 15 is 0 Å². The maximum atomic E-state index is 10.7. The van der Waals surface area contributed by atoms with Crippen LogP contribution >= 0.6 is 23.4 Å². The van der Waals surface area contributed by atoms with Gasteiger partial charge in [0.2, 0.25) is 0 Å². The summed E-state index contributed by atoms with van der Waals surface area (Å²) < 4.78 is 0. The zero-order valence-corrected chi connectivity index (χ0v) is 11.7. The molecular weight excluding hydrogens is 280 g/mol. The number of hydrogen-bond acceptors (Lipinski definition) is 3. The van der Waals surface area contributed by atoms with Crippen LogP contribution in [0.2, 0.25) is 5.02 Å². The summed E-state index contributed by atoms with van der Waals surface area (Å²) in [5, 5.41) is 9.94. The summed E-state index contributed by atoms with van der Waals surface area (Å²) in [7, 11) is 0. The van der Waals surface area contributed by atoms with Crippen molar-refractivity contribution in [2.24, 2.45) is 0 Å². The van der Waals surface area contributed by atoms with Crippen LogP contribution in [0, 0.1) is 0 Å². The second-order valence-electron chi connectivity index (χ2n) is 3.99. The minimum atomic E-state index is -0.000221. The van der Waals surface area contributed by atoms with Crippen LogP contribution in [0.4, 0.5) is 0 Å². The molecule has 0 aliphatic heterocycles. The van der Waals surface area contributed by atoms with Gasteiger partial charge in [0.1, 0.15) is 6.29 Å². The van der Waals surface area contributed by atoms with E-state index in [2.05, 4.69) is 0 Å². The molecule has 0 aliphatic rings. The standard InChI is InChI=1S/C15H13ClO2S/c16-13-5-6-15(11(9-13)7-8-17)19-14-4-2-1-3-12(14)10-18/h1-6,8-9,18H,7,10H2. The van der Waals surface area contributed by atoms with Gasteiger partial charge in [0.15, 0.2) is 0 Å². The van der Waals surface area contributed by atoms with E-state index in [9.17, 15) is 9.90 Å². The predicted octanol–water partition coefficient (Wildman–Crippen LogP) is 3.72. The summed E-state index contributed by atoms with van der Waals surface area (Å²) >= 11 is 7.49. The number of benzene rings is 2. The molecule has 0 heterocycles. The minimum absolute atomic E-state index is 0.000221. The largest absolute Gasteiger partial charge is 0.392 e. The molecule has 2 nitrogen and oxygen atoms in total. The Morgan fingerprint density at radius 1 is 1.11 bits per heavy atom. The number of carbonyl (C=O) groups excluding carboxylic acids is 1. The zero-order valence-electron chi connectivity index (χ0n) is 10.2. The van der Waals surface area contributed by atoms with Crippen molar-refractivity contribution in [1.82, 2.24) is 0 Å². The molecule has 4 heteroatoms. The molecule has 0 atom stereocenters. The van der Waals surface area contributed by atoms with E-state index in [0.29, 0.717) is 11.4 Å². The van der Waals surface area contributed by atoms with E-state index in [4.69, 9.17) is 11.6 Å². The first-order valence-electron chi connectivity index (χ1n) is 5.83. The Hall–Kier alpha value is -1.29. The number of aldehydes is 1. The molecule has 0 saturated carbocycles. The maximum Gasteiger partial charge on any atom is 0.124 e. The summed E-state index contributed by atoms with van der Waals surface area (Å²) in [6.07, 6.45) is 1.21. The van der Waals surface area contributed by atoms with Gasteiger partial charge in [-0.05, 0) is 35.4 Å². The van der Waals surface area contributed by atoms with Crippen LogP contribution in [0.5, 0.6) is 0 Å². The number of aliphatic hydroxyl groups excluding tert-OH is 1. The normalized spacial score (nSPS) is 10.4. The Morgan fingerprint density at radius 3 is 2.58 bits per heavy atom. The van der Waals surface area contributed by atoms with Gasteiger partial charge in [-0.2, -0.15) is 0 Å². The fourth-order valence-electron chi connectivity index (χ4n) is 1.75. The molecule has 98 valence electrons. The van der Waals surface area contributed by atoms with Crippen LogP contribution in [0.25, 0.3) is 0 Å². The third-order valence-corrected chi connectivity index (χ3v) is 4.16. The topological polar surface area (TPSA) is 37.3 Å². The molecule has 0 unspecified atom stereocenters. The number of carbonyl (C=O) groups is 1. The van der Waals surface area contributed by atoms with Gasteiger partial charge in [0, 0.05) is 21.2 Å². The van der Waals surface area contributed by atoms with Crippen LogP contribution in [0.1, 0.15) is 11.1 Å². The van der Waals surface area contributed by atoms with Crippen molar-refractivity contribution in [3.05, 3.63) is 58.6 Å². The van der Waals surface area contributed by atoms with Gasteiger partial charge in [-0.15, -0.1) is 0 Å². The predicted molar refractivity (Wildman–Crippen MR) is 77.7 cm³/mol. The van der Waals surface area contributed by atoms with Crippen molar-refractivity contribution in [2.75, 3.05) is 0 Å². The molecule has 2 rings (SSSR count). The second kappa shape index (κ2) is 6.75. The molecule has 0 radical (unpaired) electrons. The van der Waals surface area contributed by atoms with E-state index in [0.717, 1.165) is 27.2 Å². The lowest BCUT2D eigenvalue weighted by atomic mass is 10.2. The molecule has 2 aromatic rings. The molecule has 0 saturated heterocycles. The van der Waals surface area contributed by atoms with Crippen molar-refractivity contribution < 1.29 is 9.90 Å². The third kappa shape index (κ3) is 3.60. The summed E-state index contributed by atoms with van der Waals surface area (Å²) in [5.74, 6) is 0. The molecule has 0 aliphatic carbocycles.